The fourth-order valence-electron chi connectivity index (χ4n) is 3.53. The first kappa shape index (κ1) is 19.2. The second kappa shape index (κ2) is 8.50. The Morgan fingerprint density at radius 2 is 1.69 bits per heavy atom. The zero-order valence-corrected chi connectivity index (χ0v) is 16.9. The number of hydrogen-bond acceptors (Lipinski definition) is 2. The molecular formula is C24H22ClN3O. The van der Waals surface area contributed by atoms with Crippen molar-refractivity contribution in [3.63, 3.8) is 0 Å². The van der Waals surface area contributed by atoms with Crippen LogP contribution in [0.25, 0.3) is 11.0 Å². The summed E-state index contributed by atoms with van der Waals surface area (Å²) in [6, 6.07) is 25.3. The molecule has 5 heteroatoms. The Morgan fingerprint density at radius 1 is 1.00 bits per heavy atom. The van der Waals surface area contributed by atoms with Crippen LogP contribution in [0.4, 0.5) is 0 Å². The molecule has 4 nitrogen and oxygen atoms in total. The van der Waals surface area contributed by atoms with Crippen molar-refractivity contribution in [2.45, 2.75) is 25.9 Å². The fourth-order valence-corrected chi connectivity index (χ4v) is 3.72. The SMILES string of the molecule is C[C@@H](NC(=O)Cc1ccccc1)c1nc2ccccc2n1Cc1ccccc1Cl. The maximum atomic E-state index is 12.6. The number of halogens is 1. The highest BCUT2D eigenvalue weighted by molar-refractivity contribution is 6.31. The van der Waals surface area contributed by atoms with Crippen LogP contribution in [0.3, 0.4) is 0 Å². The van der Waals surface area contributed by atoms with Crippen molar-refractivity contribution in [3.8, 4) is 0 Å². The third-order valence-electron chi connectivity index (χ3n) is 4.94. The summed E-state index contributed by atoms with van der Waals surface area (Å²) >= 11 is 6.40. The summed E-state index contributed by atoms with van der Waals surface area (Å²) in [5.74, 6) is 0.785. The molecule has 0 aliphatic heterocycles. The van der Waals surface area contributed by atoms with Crippen molar-refractivity contribution in [2.75, 3.05) is 0 Å². The zero-order valence-electron chi connectivity index (χ0n) is 16.2. The Balaban J connectivity index is 1.62. The van der Waals surface area contributed by atoms with Gasteiger partial charge < -0.3 is 9.88 Å². The molecule has 1 atom stereocenters. The number of carbonyl (C=O) groups is 1. The number of imidazole rings is 1. The molecular weight excluding hydrogens is 382 g/mol. The van der Waals surface area contributed by atoms with Crippen LogP contribution < -0.4 is 5.32 Å². The fraction of sp³-hybridized carbons (Fsp3) is 0.167. The van der Waals surface area contributed by atoms with Gasteiger partial charge in [0.25, 0.3) is 0 Å². The predicted molar refractivity (Wildman–Crippen MR) is 117 cm³/mol. The molecule has 0 fully saturated rings. The standard InChI is InChI=1S/C24H22ClN3O/c1-17(26-23(29)15-18-9-3-2-4-10-18)24-27-21-13-7-8-14-22(21)28(24)16-19-11-5-6-12-20(19)25/h2-14,17H,15-16H2,1H3,(H,26,29)/t17-/m1/s1. The van der Waals surface area contributed by atoms with Crippen molar-refractivity contribution in [1.29, 1.82) is 0 Å². The van der Waals surface area contributed by atoms with Gasteiger partial charge in [0.15, 0.2) is 0 Å². The molecule has 0 saturated heterocycles. The van der Waals surface area contributed by atoms with Crippen LogP contribution in [-0.4, -0.2) is 15.5 Å². The number of carbonyl (C=O) groups excluding carboxylic acids is 1. The van der Waals surface area contributed by atoms with Crippen molar-refractivity contribution >= 4 is 28.5 Å². The first-order valence-corrected chi connectivity index (χ1v) is 10.0. The highest BCUT2D eigenvalue weighted by Gasteiger charge is 2.19. The van der Waals surface area contributed by atoms with Gasteiger partial charge in [-0.25, -0.2) is 4.98 Å². The van der Waals surface area contributed by atoms with E-state index in [1.54, 1.807) is 0 Å². The van der Waals surface area contributed by atoms with Gasteiger partial charge in [-0.15, -0.1) is 0 Å². The molecule has 0 bridgehead atoms. The third-order valence-corrected chi connectivity index (χ3v) is 5.31. The predicted octanol–water partition coefficient (Wildman–Crippen LogP) is 5.16. The minimum atomic E-state index is -0.235. The highest BCUT2D eigenvalue weighted by Crippen LogP contribution is 2.24. The Labute approximate surface area is 175 Å². The van der Waals surface area contributed by atoms with Crippen LogP contribution in [0.1, 0.15) is 29.9 Å². The largest absolute Gasteiger partial charge is 0.346 e. The number of hydrogen-bond donors (Lipinski definition) is 1. The van der Waals surface area contributed by atoms with E-state index in [0.717, 1.165) is 33.0 Å². The topological polar surface area (TPSA) is 46.9 Å². The van der Waals surface area contributed by atoms with Crippen molar-refractivity contribution in [1.82, 2.24) is 14.9 Å². The molecule has 0 aliphatic rings. The lowest BCUT2D eigenvalue weighted by Crippen LogP contribution is -2.30. The molecule has 3 aromatic carbocycles. The molecule has 0 spiro atoms. The first-order chi connectivity index (χ1) is 14.1. The number of nitrogens with zero attached hydrogens (tertiary/aromatic N) is 2. The second-order valence-corrected chi connectivity index (χ2v) is 7.50. The van der Waals surface area contributed by atoms with Gasteiger partial charge >= 0.3 is 0 Å². The maximum absolute atomic E-state index is 12.6. The molecule has 0 saturated carbocycles. The van der Waals surface area contributed by atoms with E-state index in [1.807, 2.05) is 85.8 Å². The molecule has 4 rings (SSSR count). The van der Waals surface area contributed by atoms with Crippen molar-refractivity contribution < 1.29 is 4.79 Å². The molecule has 146 valence electrons. The number of benzene rings is 3. The van der Waals surface area contributed by atoms with E-state index >= 15 is 0 Å². The Bertz CT molecular complexity index is 1140. The number of para-hydroxylation sites is 2. The number of aromatic nitrogens is 2. The van der Waals surface area contributed by atoms with Crippen LogP contribution in [-0.2, 0) is 17.8 Å². The van der Waals surface area contributed by atoms with E-state index in [2.05, 4.69) is 9.88 Å². The van der Waals surface area contributed by atoms with E-state index in [-0.39, 0.29) is 11.9 Å². The van der Waals surface area contributed by atoms with Gasteiger partial charge in [0, 0.05) is 5.02 Å². The monoisotopic (exact) mass is 403 g/mol. The molecule has 4 aromatic rings. The van der Waals surface area contributed by atoms with Crippen LogP contribution in [0.5, 0.6) is 0 Å². The number of amides is 1. The Hall–Kier alpha value is -3.11. The van der Waals surface area contributed by atoms with Crippen LogP contribution in [0, 0.1) is 0 Å². The summed E-state index contributed by atoms with van der Waals surface area (Å²) in [5.41, 5.74) is 3.92. The average Bonchev–Trinajstić information content (AvgIpc) is 3.09. The molecule has 0 aliphatic carbocycles. The van der Waals surface area contributed by atoms with Gasteiger partial charge in [-0.2, -0.15) is 0 Å². The summed E-state index contributed by atoms with van der Waals surface area (Å²) in [5, 5.41) is 3.81. The molecule has 1 amide bonds. The van der Waals surface area contributed by atoms with Crippen molar-refractivity contribution in [2.24, 2.45) is 0 Å². The van der Waals surface area contributed by atoms with Gasteiger partial charge in [0.2, 0.25) is 5.91 Å². The van der Waals surface area contributed by atoms with Gasteiger partial charge in [0.05, 0.1) is 30.0 Å². The minimum absolute atomic E-state index is 0.0277. The van der Waals surface area contributed by atoms with E-state index in [9.17, 15) is 4.79 Å². The molecule has 0 unspecified atom stereocenters. The van der Waals surface area contributed by atoms with Crippen LogP contribution in [0.15, 0.2) is 78.9 Å². The molecule has 0 radical (unpaired) electrons. The Morgan fingerprint density at radius 3 is 2.48 bits per heavy atom. The normalized spacial score (nSPS) is 12.1. The number of fused-ring (bicyclic) bond motifs is 1. The van der Waals surface area contributed by atoms with Crippen LogP contribution in [0.2, 0.25) is 5.02 Å². The Kier molecular flexibility index (Phi) is 5.63. The number of nitrogens with one attached hydrogen (secondary N) is 1. The molecule has 29 heavy (non-hydrogen) atoms. The van der Waals surface area contributed by atoms with Gasteiger partial charge in [-0.1, -0.05) is 72.3 Å². The minimum Gasteiger partial charge on any atom is -0.346 e. The lowest BCUT2D eigenvalue weighted by molar-refractivity contribution is -0.121. The van der Waals surface area contributed by atoms with E-state index in [0.29, 0.717) is 13.0 Å². The van der Waals surface area contributed by atoms with E-state index in [4.69, 9.17) is 16.6 Å². The smallest absolute Gasteiger partial charge is 0.224 e. The third kappa shape index (κ3) is 4.33. The lowest BCUT2D eigenvalue weighted by Gasteiger charge is -2.17. The second-order valence-electron chi connectivity index (χ2n) is 7.09. The van der Waals surface area contributed by atoms with E-state index < -0.39 is 0 Å². The van der Waals surface area contributed by atoms with Crippen LogP contribution >= 0.6 is 11.6 Å². The summed E-state index contributed by atoms with van der Waals surface area (Å²) in [4.78, 5) is 17.4. The molecule has 1 heterocycles. The quantitative estimate of drug-likeness (QED) is 0.483. The highest BCUT2D eigenvalue weighted by atomic mass is 35.5. The average molecular weight is 404 g/mol. The summed E-state index contributed by atoms with van der Waals surface area (Å²) in [6.45, 7) is 2.56. The van der Waals surface area contributed by atoms with Gasteiger partial charge in [0.1, 0.15) is 5.82 Å². The maximum Gasteiger partial charge on any atom is 0.224 e. The van der Waals surface area contributed by atoms with Gasteiger partial charge in [-0.3, -0.25) is 4.79 Å². The number of rotatable bonds is 6. The summed E-state index contributed by atoms with van der Waals surface area (Å²) in [6.07, 6.45) is 0.343. The molecule has 1 N–H and O–H groups in total. The summed E-state index contributed by atoms with van der Waals surface area (Å²) < 4.78 is 2.13. The van der Waals surface area contributed by atoms with Crippen molar-refractivity contribution in [3.05, 3.63) is 101 Å². The lowest BCUT2D eigenvalue weighted by atomic mass is 10.1. The van der Waals surface area contributed by atoms with Gasteiger partial charge in [-0.05, 0) is 36.2 Å². The van der Waals surface area contributed by atoms with E-state index in [1.165, 1.54) is 0 Å². The first-order valence-electron chi connectivity index (χ1n) is 9.63. The summed E-state index contributed by atoms with van der Waals surface area (Å²) in [7, 11) is 0. The molecule has 1 aromatic heterocycles. The zero-order chi connectivity index (χ0) is 20.2.